The third kappa shape index (κ3) is 3.21. The Bertz CT molecular complexity index is 1330. The fourth-order valence-corrected chi connectivity index (χ4v) is 5.23. The second-order valence-corrected chi connectivity index (χ2v) is 9.42. The van der Waals surface area contributed by atoms with Crippen LogP contribution in [0.4, 0.5) is 0 Å². The van der Waals surface area contributed by atoms with Gasteiger partial charge in [-0.25, -0.2) is 9.78 Å². The van der Waals surface area contributed by atoms with Crippen LogP contribution in [0.3, 0.4) is 0 Å². The Morgan fingerprint density at radius 2 is 2.07 bits per heavy atom. The molecule has 156 valence electrons. The molecule has 0 N–H and O–H groups in total. The van der Waals surface area contributed by atoms with Crippen molar-refractivity contribution in [1.82, 2.24) is 33.4 Å². The molecule has 1 aliphatic carbocycles. The molecule has 0 atom stereocenters. The monoisotopic (exact) mass is 443 g/mol. The van der Waals surface area contributed by atoms with Crippen LogP contribution in [0.15, 0.2) is 38.6 Å². The number of imidazole rings is 1. The van der Waals surface area contributed by atoms with Gasteiger partial charge in [-0.15, -0.1) is 21.5 Å². The van der Waals surface area contributed by atoms with Crippen LogP contribution in [-0.2, 0) is 20.6 Å². The summed E-state index contributed by atoms with van der Waals surface area (Å²) in [4.78, 5) is 30.7. The molecule has 0 bridgehead atoms. The van der Waals surface area contributed by atoms with Crippen molar-refractivity contribution in [2.45, 2.75) is 37.0 Å². The predicted octanol–water partition coefficient (Wildman–Crippen LogP) is 2.27. The zero-order chi connectivity index (χ0) is 20.8. The van der Waals surface area contributed by atoms with Crippen LogP contribution in [0.25, 0.3) is 21.9 Å². The van der Waals surface area contributed by atoms with E-state index in [4.69, 9.17) is 0 Å². The maximum absolute atomic E-state index is 12.8. The normalized spacial score (nSPS) is 14.1. The number of fused-ring (bicyclic) bond motifs is 1. The van der Waals surface area contributed by atoms with Crippen LogP contribution >= 0.6 is 23.1 Å². The maximum Gasteiger partial charge on any atom is 0.332 e. The highest BCUT2D eigenvalue weighted by Crippen LogP contribution is 2.41. The summed E-state index contributed by atoms with van der Waals surface area (Å²) in [5, 5.41) is 11.8. The molecule has 1 aliphatic rings. The molecule has 9 nitrogen and oxygen atoms in total. The zero-order valence-corrected chi connectivity index (χ0v) is 18.3. The van der Waals surface area contributed by atoms with E-state index < -0.39 is 0 Å². The number of hydrogen-bond donors (Lipinski definition) is 0. The summed E-state index contributed by atoms with van der Waals surface area (Å²) in [6, 6.07) is 4.57. The van der Waals surface area contributed by atoms with E-state index in [1.54, 1.807) is 48.1 Å². The SMILES string of the molecule is Cn1cnc2c1c(=O)n(CCCSc1nnc(-c3cccs3)n1C1CC1)c(=O)n2C. The molecule has 4 aromatic heterocycles. The number of aryl methyl sites for hydroxylation is 2. The van der Waals surface area contributed by atoms with E-state index >= 15 is 0 Å². The summed E-state index contributed by atoms with van der Waals surface area (Å²) in [6.07, 6.45) is 4.54. The first-order valence-corrected chi connectivity index (χ1v) is 11.6. The van der Waals surface area contributed by atoms with Gasteiger partial charge in [0.05, 0.1) is 11.2 Å². The minimum Gasteiger partial charge on any atom is -0.328 e. The minimum absolute atomic E-state index is 0.292. The summed E-state index contributed by atoms with van der Waals surface area (Å²) >= 11 is 3.30. The average molecular weight is 444 g/mol. The molecular weight excluding hydrogens is 422 g/mol. The van der Waals surface area contributed by atoms with E-state index in [0.717, 1.165) is 34.5 Å². The van der Waals surface area contributed by atoms with Crippen molar-refractivity contribution < 1.29 is 0 Å². The molecule has 1 fully saturated rings. The number of rotatable bonds is 7. The molecule has 0 aliphatic heterocycles. The molecule has 0 unspecified atom stereocenters. The largest absolute Gasteiger partial charge is 0.332 e. The van der Waals surface area contributed by atoms with Gasteiger partial charge in [0.1, 0.15) is 0 Å². The number of thiophene rings is 1. The molecule has 0 radical (unpaired) electrons. The lowest BCUT2D eigenvalue weighted by Crippen LogP contribution is -2.39. The lowest BCUT2D eigenvalue weighted by atomic mass is 10.4. The van der Waals surface area contributed by atoms with Gasteiger partial charge in [-0.3, -0.25) is 18.5 Å². The predicted molar refractivity (Wildman–Crippen MR) is 117 cm³/mol. The standard InChI is InChI=1S/C19H21N7O2S2/c1-23-11-20-16-14(23)17(27)25(19(28)24(16)2)8-4-10-30-18-22-21-15(13-5-3-9-29-13)26(18)12-6-7-12/h3,5,9,11-12H,4,6-8,10H2,1-2H3. The van der Waals surface area contributed by atoms with Gasteiger partial charge < -0.3 is 4.57 Å². The Morgan fingerprint density at radius 1 is 1.23 bits per heavy atom. The minimum atomic E-state index is -0.336. The third-order valence-electron chi connectivity index (χ3n) is 5.28. The van der Waals surface area contributed by atoms with E-state index in [-0.39, 0.29) is 11.2 Å². The fourth-order valence-electron chi connectivity index (χ4n) is 3.59. The van der Waals surface area contributed by atoms with Crippen LogP contribution in [-0.4, -0.2) is 39.2 Å². The molecule has 4 aromatic rings. The molecule has 4 heterocycles. The van der Waals surface area contributed by atoms with Crippen molar-refractivity contribution in [3.63, 3.8) is 0 Å². The van der Waals surface area contributed by atoms with E-state index in [9.17, 15) is 9.59 Å². The zero-order valence-electron chi connectivity index (χ0n) is 16.7. The van der Waals surface area contributed by atoms with Crippen molar-refractivity contribution in [3.8, 4) is 10.7 Å². The van der Waals surface area contributed by atoms with E-state index in [0.29, 0.717) is 30.2 Å². The molecule has 0 spiro atoms. The smallest absolute Gasteiger partial charge is 0.328 e. The molecule has 0 saturated heterocycles. The van der Waals surface area contributed by atoms with Gasteiger partial charge in [0.25, 0.3) is 5.56 Å². The molecule has 5 rings (SSSR count). The number of hydrogen-bond acceptors (Lipinski definition) is 7. The number of nitrogens with zero attached hydrogens (tertiary/aromatic N) is 7. The Labute approximate surface area is 180 Å². The Balaban J connectivity index is 1.33. The third-order valence-corrected chi connectivity index (χ3v) is 7.17. The Hall–Kier alpha value is -2.66. The quantitative estimate of drug-likeness (QED) is 0.321. The Kier molecular flexibility index (Phi) is 4.86. The van der Waals surface area contributed by atoms with Crippen molar-refractivity contribution >= 4 is 34.3 Å². The Morgan fingerprint density at radius 3 is 2.80 bits per heavy atom. The highest BCUT2D eigenvalue weighted by Gasteiger charge is 2.30. The maximum atomic E-state index is 12.8. The van der Waals surface area contributed by atoms with Crippen molar-refractivity contribution in [2.75, 3.05) is 5.75 Å². The van der Waals surface area contributed by atoms with Crippen LogP contribution in [0, 0.1) is 0 Å². The van der Waals surface area contributed by atoms with Crippen molar-refractivity contribution in [2.24, 2.45) is 14.1 Å². The van der Waals surface area contributed by atoms with Gasteiger partial charge in [-0.2, -0.15) is 0 Å². The summed E-state index contributed by atoms with van der Waals surface area (Å²) in [5.74, 6) is 1.68. The van der Waals surface area contributed by atoms with Crippen molar-refractivity contribution in [3.05, 3.63) is 44.7 Å². The molecular formula is C19H21N7O2S2. The summed E-state index contributed by atoms with van der Waals surface area (Å²) in [6.45, 7) is 0.356. The molecule has 1 saturated carbocycles. The summed E-state index contributed by atoms with van der Waals surface area (Å²) < 4.78 is 6.63. The van der Waals surface area contributed by atoms with Crippen LogP contribution in [0.1, 0.15) is 25.3 Å². The summed E-state index contributed by atoms with van der Waals surface area (Å²) in [5.41, 5.74) is 0.229. The average Bonchev–Trinajstić information content (AvgIpc) is 3.13. The second-order valence-electron chi connectivity index (χ2n) is 7.41. The van der Waals surface area contributed by atoms with Gasteiger partial charge in [-0.1, -0.05) is 17.8 Å². The van der Waals surface area contributed by atoms with E-state index in [1.807, 2.05) is 11.4 Å². The molecule has 11 heteroatoms. The second kappa shape index (κ2) is 7.55. The highest BCUT2D eigenvalue weighted by molar-refractivity contribution is 7.99. The molecule has 30 heavy (non-hydrogen) atoms. The fraction of sp³-hybridized carbons (Fsp3) is 0.421. The number of aromatic nitrogens is 7. The number of thioether (sulfide) groups is 1. The van der Waals surface area contributed by atoms with Gasteiger partial charge in [-0.05, 0) is 30.7 Å². The first-order chi connectivity index (χ1) is 14.6. The van der Waals surface area contributed by atoms with E-state index in [1.165, 1.54) is 9.13 Å². The van der Waals surface area contributed by atoms with E-state index in [2.05, 4.69) is 25.8 Å². The van der Waals surface area contributed by atoms with Gasteiger partial charge in [0.15, 0.2) is 22.1 Å². The van der Waals surface area contributed by atoms with Crippen LogP contribution in [0.5, 0.6) is 0 Å². The van der Waals surface area contributed by atoms with Gasteiger partial charge in [0, 0.05) is 32.4 Å². The van der Waals surface area contributed by atoms with Gasteiger partial charge >= 0.3 is 5.69 Å². The lowest BCUT2D eigenvalue weighted by molar-refractivity contribution is 0.593. The highest BCUT2D eigenvalue weighted by atomic mass is 32.2. The molecule has 0 amide bonds. The lowest BCUT2D eigenvalue weighted by Gasteiger charge is -2.09. The summed E-state index contributed by atoms with van der Waals surface area (Å²) in [7, 11) is 3.41. The topological polar surface area (TPSA) is 92.5 Å². The van der Waals surface area contributed by atoms with Crippen LogP contribution < -0.4 is 11.2 Å². The molecule has 0 aromatic carbocycles. The van der Waals surface area contributed by atoms with Crippen LogP contribution in [0.2, 0.25) is 0 Å². The first kappa shape index (κ1) is 19.3. The van der Waals surface area contributed by atoms with Gasteiger partial charge in [0.2, 0.25) is 0 Å². The van der Waals surface area contributed by atoms with Crippen molar-refractivity contribution in [1.29, 1.82) is 0 Å². The first-order valence-electron chi connectivity index (χ1n) is 9.78.